The van der Waals surface area contributed by atoms with Gasteiger partial charge in [0, 0.05) is 23.8 Å². The standard InChI is InChI=1S/C15H19ClN2O/c1-4-8-18(9-5-2)11-15(19)17-13-7-6-12(3)14(16)10-13/h4-7,10H,1-2,8-9,11H2,3H3,(H,17,19). The molecule has 4 heteroatoms. The quantitative estimate of drug-likeness (QED) is 0.777. The molecule has 1 amide bonds. The van der Waals surface area contributed by atoms with E-state index in [0.717, 1.165) is 5.56 Å². The van der Waals surface area contributed by atoms with Crippen LogP contribution in [0, 0.1) is 6.92 Å². The lowest BCUT2D eigenvalue weighted by atomic mass is 10.2. The third kappa shape index (κ3) is 5.28. The smallest absolute Gasteiger partial charge is 0.238 e. The highest BCUT2D eigenvalue weighted by Gasteiger charge is 2.08. The molecule has 0 radical (unpaired) electrons. The number of amides is 1. The Bertz CT molecular complexity index is 461. The van der Waals surface area contributed by atoms with E-state index in [4.69, 9.17) is 11.6 Å². The third-order valence-electron chi connectivity index (χ3n) is 2.60. The topological polar surface area (TPSA) is 32.3 Å². The summed E-state index contributed by atoms with van der Waals surface area (Å²) in [5.74, 6) is -0.0800. The van der Waals surface area contributed by atoms with Crippen molar-refractivity contribution < 1.29 is 4.79 Å². The molecule has 0 spiro atoms. The van der Waals surface area contributed by atoms with Crippen LogP contribution >= 0.6 is 11.6 Å². The first kappa shape index (κ1) is 15.5. The summed E-state index contributed by atoms with van der Waals surface area (Å²) >= 11 is 6.01. The Hall–Kier alpha value is -1.58. The van der Waals surface area contributed by atoms with Gasteiger partial charge in [-0.3, -0.25) is 9.69 Å². The second kappa shape index (κ2) is 7.77. The van der Waals surface area contributed by atoms with E-state index in [1.807, 2.05) is 24.0 Å². The molecule has 0 aromatic heterocycles. The van der Waals surface area contributed by atoms with Crippen molar-refractivity contribution in [3.63, 3.8) is 0 Å². The highest BCUT2D eigenvalue weighted by atomic mass is 35.5. The lowest BCUT2D eigenvalue weighted by Gasteiger charge is -2.18. The number of hydrogen-bond donors (Lipinski definition) is 1. The molecule has 0 fully saturated rings. The lowest BCUT2D eigenvalue weighted by Crippen LogP contribution is -2.33. The maximum absolute atomic E-state index is 11.9. The van der Waals surface area contributed by atoms with E-state index in [0.29, 0.717) is 30.3 Å². The molecule has 0 saturated carbocycles. The fraction of sp³-hybridized carbons (Fsp3) is 0.267. The second-order valence-corrected chi connectivity index (χ2v) is 4.69. The Balaban J connectivity index is 2.60. The van der Waals surface area contributed by atoms with E-state index in [9.17, 15) is 4.79 Å². The zero-order valence-corrected chi connectivity index (χ0v) is 11.9. The minimum atomic E-state index is -0.0800. The highest BCUT2D eigenvalue weighted by Crippen LogP contribution is 2.19. The summed E-state index contributed by atoms with van der Waals surface area (Å²) in [6.07, 6.45) is 3.53. The van der Waals surface area contributed by atoms with Gasteiger partial charge in [0.05, 0.1) is 6.54 Å². The van der Waals surface area contributed by atoms with Gasteiger partial charge in [-0.15, -0.1) is 13.2 Å². The van der Waals surface area contributed by atoms with Crippen molar-refractivity contribution in [1.82, 2.24) is 4.90 Å². The lowest BCUT2D eigenvalue weighted by molar-refractivity contribution is -0.117. The summed E-state index contributed by atoms with van der Waals surface area (Å²) in [5, 5.41) is 3.47. The molecule has 0 aliphatic carbocycles. The van der Waals surface area contributed by atoms with Gasteiger partial charge in [0.2, 0.25) is 5.91 Å². The van der Waals surface area contributed by atoms with Gasteiger partial charge in [-0.05, 0) is 24.6 Å². The van der Waals surface area contributed by atoms with E-state index in [1.165, 1.54) is 0 Å². The van der Waals surface area contributed by atoms with Gasteiger partial charge >= 0.3 is 0 Å². The van der Waals surface area contributed by atoms with Crippen molar-refractivity contribution in [2.24, 2.45) is 0 Å². The van der Waals surface area contributed by atoms with Crippen molar-refractivity contribution in [1.29, 1.82) is 0 Å². The summed E-state index contributed by atoms with van der Waals surface area (Å²) in [6.45, 7) is 10.8. The van der Waals surface area contributed by atoms with Crippen molar-refractivity contribution in [3.8, 4) is 0 Å². The number of rotatable bonds is 7. The fourth-order valence-corrected chi connectivity index (χ4v) is 1.82. The van der Waals surface area contributed by atoms with Crippen LogP contribution in [-0.2, 0) is 4.79 Å². The first-order chi connectivity index (χ1) is 9.06. The van der Waals surface area contributed by atoms with Gasteiger partial charge in [-0.25, -0.2) is 0 Å². The number of hydrogen-bond acceptors (Lipinski definition) is 2. The van der Waals surface area contributed by atoms with Gasteiger partial charge in [-0.1, -0.05) is 29.8 Å². The predicted molar refractivity (Wildman–Crippen MR) is 81.7 cm³/mol. The number of nitrogens with one attached hydrogen (secondary N) is 1. The van der Waals surface area contributed by atoms with Gasteiger partial charge in [-0.2, -0.15) is 0 Å². The van der Waals surface area contributed by atoms with Gasteiger partial charge in [0.1, 0.15) is 0 Å². The van der Waals surface area contributed by atoms with E-state index in [2.05, 4.69) is 18.5 Å². The van der Waals surface area contributed by atoms with Crippen LogP contribution in [0.25, 0.3) is 0 Å². The molecule has 1 N–H and O–H groups in total. The molecule has 0 heterocycles. The van der Waals surface area contributed by atoms with Crippen LogP contribution in [0.1, 0.15) is 5.56 Å². The van der Waals surface area contributed by atoms with Gasteiger partial charge in [0.15, 0.2) is 0 Å². The van der Waals surface area contributed by atoms with Crippen LogP contribution in [-0.4, -0.2) is 30.4 Å². The molecule has 3 nitrogen and oxygen atoms in total. The van der Waals surface area contributed by atoms with Crippen molar-refractivity contribution in [2.75, 3.05) is 25.0 Å². The summed E-state index contributed by atoms with van der Waals surface area (Å²) in [5.41, 5.74) is 1.69. The van der Waals surface area contributed by atoms with Crippen LogP contribution in [0.15, 0.2) is 43.5 Å². The molecule has 1 aromatic carbocycles. The zero-order chi connectivity index (χ0) is 14.3. The van der Waals surface area contributed by atoms with Gasteiger partial charge < -0.3 is 5.32 Å². The number of benzene rings is 1. The SMILES string of the molecule is C=CCN(CC=C)CC(=O)Nc1ccc(C)c(Cl)c1. The normalized spacial score (nSPS) is 10.3. The first-order valence-corrected chi connectivity index (χ1v) is 6.44. The molecule has 0 aliphatic heterocycles. The van der Waals surface area contributed by atoms with Crippen molar-refractivity contribution >= 4 is 23.2 Å². The first-order valence-electron chi connectivity index (χ1n) is 6.07. The molecule has 0 unspecified atom stereocenters. The Morgan fingerprint density at radius 3 is 2.53 bits per heavy atom. The van der Waals surface area contributed by atoms with Crippen LogP contribution in [0.5, 0.6) is 0 Å². The number of halogens is 1. The maximum atomic E-state index is 11.9. The zero-order valence-electron chi connectivity index (χ0n) is 11.2. The Kier molecular flexibility index (Phi) is 6.33. The Labute approximate surface area is 119 Å². The molecule has 1 rings (SSSR count). The predicted octanol–water partition coefficient (Wildman–Crippen LogP) is 3.26. The minimum Gasteiger partial charge on any atom is -0.325 e. The monoisotopic (exact) mass is 278 g/mol. The number of carbonyl (C=O) groups excluding carboxylic acids is 1. The van der Waals surface area contributed by atoms with Gasteiger partial charge in [0.25, 0.3) is 0 Å². The summed E-state index contributed by atoms with van der Waals surface area (Å²) in [4.78, 5) is 13.8. The molecule has 0 aliphatic rings. The Morgan fingerprint density at radius 2 is 2.00 bits per heavy atom. The van der Waals surface area contributed by atoms with E-state index in [-0.39, 0.29) is 5.91 Å². The van der Waals surface area contributed by atoms with Crippen molar-refractivity contribution in [3.05, 3.63) is 54.1 Å². The summed E-state index contributed by atoms with van der Waals surface area (Å²) in [7, 11) is 0. The average Bonchev–Trinajstić information content (AvgIpc) is 2.34. The number of nitrogens with zero attached hydrogens (tertiary/aromatic N) is 1. The van der Waals surface area contributed by atoms with Crippen molar-refractivity contribution in [2.45, 2.75) is 6.92 Å². The van der Waals surface area contributed by atoms with E-state index >= 15 is 0 Å². The largest absolute Gasteiger partial charge is 0.325 e. The van der Waals surface area contributed by atoms with E-state index < -0.39 is 0 Å². The number of aryl methyl sites for hydroxylation is 1. The van der Waals surface area contributed by atoms with E-state index in [1.54, 1.807) is 18.2 Å². The number of anilines is 1. The average molecular weight is 279 g/mol. The Morgan fingerprint density at radius 1 is 1.37 bits per heavy atom. The molecule has 19 heavy (non-hydrogen) atoms. The fourth-order valence-electron chi connectivity index (χ4n) is 1.64. The molecule has 1 aromatic rings. The molecular formula is C15H19ClN2O. The highest BCUT2D eigenvalue weighted by molar-refractivity contribution is 6.31. The van der Waals surface area contributed by atoms with Crippen LogP contribution in [0.2, 0.25) is 5.02 Å². The van der Waals surface area contributed by atoms with Crippen LogP contribution in [0.3, 0.4) is 0 Å². The third-order valence-corrected chi connectivity index (χ3v) is 3.00. The number of carbonyl (C=O) groups is 1. The molecular weight excluding hydrogens is 260 g/mol. The molecule has 0 atom stereocenters. The molecule has 0 bridgehead atoms. The maximum Gasteiger partial charge on any atom is 0.238 e. The second-order valence-electron chi connectivity index (χ2n) is 4.28. The molecule has 0 saturated heterocycles. The minimum absolute atomic E-state index is 0.0800. The van der Waals surface area contributed by atoms with Crippen LogP contribution < -0.4 is 5.32 Å². The summed E-state index contributed by atoms with van der Waals surface area (Å²) < 4.78 is 0. The summed E-state index contributed by atoms with van der Waals surface area (Å²) in [6, 6.07) is 5.47. The van der Waals surface area contributed by atoms with Crippen LogP contribution in [0.4, 0.5) is 5.69 Å². The molecule has 102 valence electrons.